The molecule has 0 saturated heterocycles. The van der Waals surface area contributed by atoms with E-state index in [1.165, 1.54) is 0 Å². The van der Waals surface area contributed by atoms with Crippen LogP contribution in [-0.2, 0) is 9.59 Å². The van der Waals surface area contributed by atoms with E-state index in [-0.39, 0.29) is 11.7 Å². The third-order valence-electron chi connectivity index (χ3n) is 2.57. The van der Waals surface area contributed by atoms with Gasteiger partial charge in [0.05, 0.1) is 0 Å². The maximum Gasteiger partial charge on any atom is 0.133 e. The van der Waals surface area contributed by atoms with Gasteiger partial charge in [-0.15, -0.1) is 6.58 Å². The topological polar surface area (TPSA) is 34.1 Å². The van der Waals surface area contributed by atoms with Crippen molar-refractivity contribution in [1.82, 2.24) is 0 Å². The van der Waals surface area contributed by atoms with Gasteiger partial charge in [-0.2, -0.15) is 0 Å². The van der Waals surface area contributed by atoms with Gasteiger partial charge in [0.25, 0.3) is 0 Å². The summed E-state index contributed by atoms with van der Waals surface area (Å²) in [7, 11) is 0. The minimum Gasteiger partial charge on any atom is -0.303 e. The van der Waals surface area contributed by atoms with Crippen molar-refractivity contribution in [1.29, 1.82) is 0 Å². The molecule has 2 heteroatoms. The molecule has 2 unspecified atom stereocenters. The molecule has 0 aliphatic heterocycles. The summed E-state index contributed by atoms with van der Waals surface area (Å²) in [5, 5.41) is 0. The van der Waals surface area contributed by atoms with Gasteiger partial charge in [0.15, 0.2) is 0 Å². The summed E-state index contributed by atoms with van der Waals surface area (Å²) in [4.78, 5) is 21.4. The van der Waals surface area contributed by atoms with E-state index in [2.05, 4.69) is 13.5 Å². The lowest BCUT2D eigenvalue weighted by Gasteiger charge is -2.11. The fraction of sp³-hybridized carbons (Fsp3) is 0.667. The predicted octanol–water partition coefficient (Wildman–Crippen LogP) is 2.77. The molecule has 2 nitrogen and oxygen atoms in total. The van der Waals surface area contributed by atoms with Crippen molar-refractivity contribution in [2.75, 3.05) is 0 Å². The number of allylic oxidation sites excluding steroid dienone is 1. The Morgan fingerprint density at radius 1 is 1.43 bits per heavy atom. The summed E-state index contributed by atoms with van der Waals surface area (Å²) in [6.07, 6.45) is 5.99. The number of hydrogen-bond donors (Lipinski definition) is 0. The number of Topliss-reactive ketones (excluding diaryl/α,β-unsaturated/α-hetero) is 1. The minimum absolute atomic E-state index is 0.0653. The van der Waals surface area contributed by atoms with E-state index in [1.807, 2.05) is 6.08 Å². The molecule has 0 aromatic heterocycles. The van der Waals surface area contributed by atoms with Crippen LogP contribution >= 0.6 is 0 Å². The molecule has 0 aliphatic rings. The summed E-state index contributed by atoms with van der Waals surface area (Å²) in [5.74, 6) is 0.562. The van der Waals surface area contributed by atoms with Crippen LogP contribution in [0.2, 0.25) is 0 Å². The molecular formula is C12H20O2. The van der Waals surface area contributed by atoms with E-state index in [9.17, 15) is 9.59 Å². The highest BCUT2D eigenvalue weighted by Crippen LogP contribution is 2.16. The Balaban J connectivity index is 3.76. The van der Waals surface area contributed by atoms with E-state index in [0.717, 1.165) is 25.5 Å². The molecule has 0 amide bonds. The molecule has 0 aromatic carbocycles. The second-order valence-electron chi connectivity index (χ2n) is 3.85. The second kappa shape index (κ2) is 7.48. The van der Waals surface area contributed by atoms with Gasteiger partial charge in [-0.3, -0.25) is 4.79 Å². The Bertz CT molecular complexity index is 196. The zero-order valence-electron chi connectivity index (χ0n) is 9.16. The van der Waals surface area contributed by atoms with Crippen LogP contribution in [0.1, 0.15) is 39.5 Å². The first-order valence-corrected chi connectivity index (χ1v) is 5.18. The van der Waals surface area contributed by atoms with Crippen LogP contribution in [-0.4, -0.2) is 12.1 Å². The van der Waals surface area contributed by atoms with Gasteiger partial charge in [0.2, 0.25) is 0 Å². The highest BCUT2D eigenvalue weighted by atomic mass is 16.1. The van der Waals surface area contributed by atoms with E-state index < -0.39 is 0 Å². The van der Waals surface area contributed by atoms with Gasteiger partial charge < -0.3 is 4.79 Å². The zero-order valence-corrected chi connectivity index (χ0v) is 9.16. The van der Waals surface area contributed by atoms with Crippen LogP contribution in [0.3, 0.4) is 0 Å². The monoisotopic (exact) mass is 196 g/mol. The lowest BCUT2D eigenvalue weighted by molar-refractivity contribution is -0.123. The minimum atomic E-state index is -0.0653. The lowest BCUT2D eigenvalue weighted by Crippen LogP contribution is -2.11. The molecule has 0 rings (SSSR count). The van der Waals surface area contributed by atoms with Crippen molar-refractivity contribution in [3.05, 3.63) is 12.7 Å². The van der Waals surface area contributed by atoms with E-state index in [0.29, 0.717) is 12.3 Å². The first kappa shape index (κ1) is 13.1. The van der Waals surface area contributed by atoms with Crippen molar-refractivity contribution in [2.24, 2.45) is 11.8 Å². The summed E-state index contributed by atoms with van der Waals surface area (Å²) >= 11 is 0. The van der Waals surface area contributed by atoms with Crippen molar-refractivity contribution >= 4 is 12.1 Å². The highest BCUT2D eigenvalue weighted by molar-refractivity contribution is 5.80. The van der Waals surface area contributed by atoms with Crippen LogP contribution in [0.15, 0.2) is 12.7 Å². The maximum absolute atomic E-state index is 11.1. The Labute approximate surface area is 86.4 Å². The SMILES string of the molecule is C=CC(C)CCCC(CC=O)C(C)=O. The van der Waals surface area contributed by atoms with Crippen LogP contribution < -0.4 is 0 Å². The standard InChI is InChI=1S/C12H20O2/c1-4-10(2)6-5-7-12(8-9-13)11(3)14/h4,9-10,12H,1,5-8H2,2-3H3. The molecule has 0 aliphatic carbocycles. The maximum atomic E-state index is 11.1. The van der Waals surface area contributed by atoms with Gasteiger partial charge in [0, 0.05) is 12.3 Å². The molecule has 0 saturated carbocycles. The van der Waals surface area contributed by atoms with Crippen molar-refractivity contribution < 1.29 is 9.59 Å². The smallest absolute Gasteiger partial charge is 0.133 e. The summed E-state index contributed by atoms with van der Waals surface area (Å²) in [6.45, 7) is 7.37. The number of carbonyl (C=O) groups is 2. The molecule has 0 bridgehead atoms. The van der Waals surface area contributed by atoms with Crippen LogP contribution in [0.25, 0.3) is 0 Å². The Morgan fingerprint density at radius 2 is 2.07 bits per heavy atom. The fourth-order valence-corrected chi connectivity index (χ4v) is 1.41. The normalized spacial score (nSPS) is 14.4. The van der Waals surface area contributed by atoms with Gasteiger partial charge in [-0.25, -0.2) is 0 Å². The summed E-state index contributed by atoms with van der Waals surface area (Å²) in [6, 6.07) is 0. The van der Waals surface area contributed by atoms with Gasteiger partial charge in [0.1, 0.15) is 12.1 Å². The molecule has 0 N–H and O–H groups in total. The van der Waals surface area contributed by atoms with Gasteiger partial charge in [-0.05, 0) is 25.7 Å². The Kier molecular flexibility index (Phi) is 6.99. The number of aldehydes is 1. The van der Waals surface area contributed by atoms with Crippen LogP contribution in [0.5, 0.6) is 0 Å². The van der Waals surface area contributed by atoms with E-state index in [1.54, 1.807) is 6.92 Å². The second-order valence-corrected chi connectivity index (χ2v) is 3.85. The zero-order chi connectivity index (χ0) is 11.0. The van der Waals surface area contributed by atoms with Crippen molar-refractivity contribution in [3.63, 3.8) is 0 Å². The first-order valence-electron chi connectivity index (χ1n) is 5.18. The summed E-state index contributed by atoms with van der Waals surface area (Å²) in [5.41, 5.74) is 0. The fourth-order valence-electron chi connectivity index (χ4n) is 1.41. The predicted molar refractivity (Wildman–Crippen MR) is 58.1 cm³/mol. The molecule has 2 atom stereocenters. The largest absolute Gasteiger partial charge is 0.303 e. The quantitative estimate of drug-likeness (QED) is 0.442. The molecule has 0 fully saturated rings. The van der Waals surface area contributed by atoms with E-state index >= 15 is 0 Å². The van der Waals surface area contributed by atoms with Crippen molar-refractivity contribution in [3.8, 4) is 0 Å². The first-order chi connectivity index (χ1) is 6.61. The molecule has 0 spiro atoms. The van der Waals surface area contributed by atoms with E-state index in [4.69, 9.17) is 0 Å². The van der Waals surface area contributed by atoms with Crippen molar-refractivity contribution in [2.45, 2.75) is 39.5 Å². The number of ketones is 1. The molecule has 80 valence electrons. The lowest BCUT2D eigenvalue weighted by atomic mass is 9.93. The molecular weight excluding hydrogens is 176 g/mol. The van der Waals surface area contributed by atoms with Gasteiger partial charge >= 0.3 is 0 Å². The highest BCUT2D eigenvalue weighted by Gasteiger charge is 2.13. The Hall–Kier alpha value is -0.920. The molecule has 0 radical (unpaired) electrons. The number of carbonyl (C=O) groups excluding carboxylic acids is 2. The molecule has 0 heterocycles. The summed E-state index contributed by atoms with van der Waals surface area (Å²) < 4.78 is 0. The van der Waals surface area contributed by atoms with Crippen LogP contribution in [0.4, 0.5) is 0 Å². The average Bonchev–Trinajstić information content (AvgIpc) is 2.16. The van der Waals surface area contributed by atoms with Crippen LogP contribution in [0, 0.1) is 11.8 Å². The average molecular weight is 196 g/mol. The number of rotatable bonds is 8. The third-order valence-corrected chi connectivity index (χ3v) is 2.57. The Morgan fingerprint density at radius 3 is 2.50 bits per heavy atom. The number of hydrogen-bond acceptors (Lipinski definition) is 2. The third kappa shape index (κ3) is 5.68. The van der Waals surface area contributed by atoms with Gasteiger partial charge in [-0.1, -0.05) is 19.4 Å². The molecule has 0 aromatic rings. The molecule has 14 heavy (non-hydrogen) atoms.